The van der Waals surface area contributed by atoms with E-state index in [2.05, 4.69) is 36.3 Å². The molecule has 0 radical (unpaired) electrons. The van der Waals surface area contributed by atoms with Gasteiger partial charge in [0.05, 0.1) is 5.56 Å². The summed E-state index contributed by atoms with van der Waals surface area (Å²) in [5.74, 6) is 3.37. The van der Waals surface area contributed by atoms with Gasteiger partial charge in [-0.25, -0.2) is 4.98 Å². The summed E-state index contributed by atoms with van der Waals surface area (Å²) in [6.07, 6.45) is 8.17. The Labute approximate surface area is 162 Å². The lowest BCUT2D eigenvalue weighted by Gasteiger charge is -2.34. The second kappa shape index (κ2) is 9.03. The average molecular weight is 367 g/mol. The molecule has 1 N–H and O–H groups in total. The summed E-state index contributed by atoms with van der Waals surface area (Å²) < 4.78 is 5.83. The number of hydrogen-bond donors (Lipinski definition) is 1. The van der Waals surface area contributed by atoms with Crippen molar-refractivity contribution in [2.24, 2.45) is 11.8 Å². The summed E-state index contributed by atoms with van der Waals surface area (Å²) in [5, 5.41) is 2.58. The van der Waals surface area contributed by atoms with E-state index >= 15 is 0 Å². The minimum absolute atomic E-state index is 0.151. The molecule has 1 aliphatic rings. The smallest absolute Gasteiger partial charge is 0.252 e. The quantitative estimate of drug-likeness (QED) is 0.729. The summed E-state index contributed by atoms with van der Waals surface area (Å²) in [6, 6.07) is 11.9. The molecule has 3 atom stereocenters. The van der Waals surface area contributed by atoms with Crippen LogP contribution in [0.25, 0.3) is 0 Å². The lowest BCUT2D eigenvalue weighted by Crippen LogP contribution is -2.21. The lowest BCUT2D eigenvalue weighted by atomic mass is 9.71. The van der Waals surface area contributed by atoms with Crippen LogP contribution in [-0.4, -0.2) is 17.9 Å². The molecule has 0 saturated heterocycles. The number of hydrogen-bond acceptors (Lipinski definition) is 3. The first-order chi connectivity index (χ1) is 13.1. The van der Waals surface area contributed by atoms with Crippen LogP contribution in [0.15, 0.2) is 42.6 Å². The predicted molar refractivity (Wildman–Crippen MR) is 108 cm³/mol. The predicted octanol–water partition coefficient (Wildman–Crippen LogP) is 5.55. The van der Waals surface area contributed by atoms with E-state index in [0.717, 1.165) is 17.6 Å². The van der Waals surface area contributed by atoms with Gasteiger partial charge >= 0.3 is 0 Å². The van der Waals surface area contributed by atoms with Crippen LogP contribution in [0.5, 0.6) is 11.6 Å². The third-order valence-electron chi connectivity index (χ3n) is 5.76. The number of ether oxygens (including phenoxy) is 1. The molecule has 1 aromatic carbocycles. The third kappa shape index (κ3) is 4.88. The number of benzene rings is 1. The molecule has 3 unspecified atom stereocenters. The normalized spacial score (nSPS) is 22.3. The summed E-state index contributed by atoms with van der Waals surface area (Å²) in [7, 11) is 1.60. The SMILES string of the molecule is CCCC1CCC(C)C(c2ccc(Oc3ccc(C(=O)NC)cn3)cc2)C1. The highest BCUT2D eigenvalue weighted by Gasteiger charge is 2.28. The Bertz CT molecular complexity index is 740. The van der Waals surface area contributed by atoms with Gasteiger partial charge < -0.3 is 10.1 Å². The van der Waals surface area contributed by atoms with Gasteiger partial charge in [-0.15, -0.1) is 0 Å². The molecule has 1 saturated carbocycles. The van der Waals surface area contributed by atoms with E-state index in [-0.39, 0.29) is 5.91 Å². The van der Waals surface area contributed by atoms with Gasteiger partial charge in [0.1, 0.15) is 5.75 Å². The first-order valence-corrected chi connectivity index (χ1v) is 10.1. The van der Waals surface area contributed by atoms with E-state index in [0.29, 0.717) is 17.4 Å². The van der Waals surface area contributed by atoms with Crippen molar-refractivity contribution in [3.05, 3.63) is 53.7 Å². The van der Waals surface area contributed by atoms with E-state index in [9.17, 15) is 4.79 Å². The third-order valence-corrected chi connectivity index (χ3v) is 5.76. The minimum atomic E-state index is -0.151. The summed E-state index contributed by atoms with van der Waals surface area (Å²) in [6.45, 7) is 4.67. The Hall–Kier alpha value is -2.36. The largest absolute Gasteiger partial charge is 0.439 e. The van der Waals surface area contributed by atoms with Crippen LogP contribution in [-0.2, 0) is 0 Å². The molecule has 3 rings (SSSR count). The first-order valence-electron chi connectivity index (χ1n) is 10.1. The zero-order chi connectivity index (χ0) is 19.2. The van der Waals surface area contributed by atoms with Crippen LogP contribution in [0, 0.1) is 11.8 Å². The van der Waals surface area contributed by atoms with Crippen molar-refractivity contribution in [2.75, 3.05) is 7.05 Å². The van der Waals surface area contributed by atoms with Crippen molar-refractivity contribution in [1.82, 2.24) is 10.3 Å². The second-order valence-corrected chi connectivity index (χ2v) is 7.69. The van der Waals surface area contributed by atoms with Gasteiger partial charge in [-0.1, -0.05) is 45.2 Å². The maximum atomic E-state index is 11.6. The first kappa shape index (κ1) is 19.4. The molecule has 1 aromatic heterocycles. The Balaban J connectivity index is 1.65. The van der Waals surface area contributed by atoms with Crippen molar-refractivity contribution in [3.63, 3.8) is 0 Å². The van der Waals surface area contributed by atoms with Gasteiger partial charge in [0, 0.05) is 19.3 Å². The molecule has 1 aliphatic carbocycles. The summed E-state index contributed by atoms with van der Waals surface area (Å²) in [4.78, 5) is 15.8. The molecule has 2 aromatic rings. The maximum absolute atomic E-state index is 11.6. The number of rotatable bonds is 6. The number of carbonyl (C=O) groups is 1. The Morgan fingerprint density at radius 2 is 1.96 bits per heavy atom. The number of pyridine rings is 1. The van der Waals surface area contributed by atoms with E-state index in [4.69, 9.17) is 4.74 Å². The molecule has 0 bridgehead atoms. The zero-order valence-corrected chi connectivity index (χ0v) is 16.6. The molecular weight excluding hydrogens is 336 g/mol. The van der Waals surface area contributed by atoms with Crippen LogP contribution in [0.4, 0.5) is 0 Å². The highest BCUT2D eigenvalue weighted by atomic mass is 16.5. The molecule has 1 amide bonds. The average Bonchev–Trinajstić information content (AvgIpc) is 2.70. The highest BCUT2D eigenvalue weighted by Crippen LogP contribution is 2.42. The van der Waals surface area contributed by atoms with Gasteiger partial charge in [0.25, 0.3) is 5.91 Å². The van der Waals surface area contributed by atoms with Crippen molar-refractivity contribution in [3.8, 4) is 11.6 Å². The number of amides is 1. The Morgan fingerprint density at radius 3 is 2.59 bits per heavy atom. The van der Waals surface area contributed by atoms with E-state index in [1.165, 1.54) is 43.9 Å². The molecule has 0 spiro atoms. The van der Waals surface area contributed by atoms with Gasteiger partial charge in [-0.3, -0.25) is 4.79 Å². The molecular formula is C23H30N2O2. The van der Waals surface area contributed by atoms with Gasteiger partial charge in [0.15, 0.2) is 0 Å². The Morgan fingerprint density at radius 1 is 1.19 bits per heavy atom. The summed E-state index contributed by atoms with van der Waals surface area (Å²) in [5.41, 5.74) is 1.94. The fourth-order valence-electron chi connectivity index (χ4n) is 4.17. The molecule has 4 heteroatoms. The van der Waals surface area contributed by atoms with E-state index in [1.807, 2.05) is 12.1 Å². The lowest BCUT2D eigenvalue weighted by molar-refractivity contribution is 0.0962. The van der Waals surface area contributed by atoms with Crippen LogP contribution in [0.2, 0.25) is 0 Å². The van der Waals surface area contributed by atoms with E-state index < -0.39 is 0 Å². The van der Waals surface area contributed by atoms with Crippen LogP contribution >= 0.6 is 0 Å². The van der Waals surface area contributed by atoms with Gasteiger partial charge in [-0.05, 0) is 54.4 Å². The molecule has 1 heterocycles. The Kier molecular flexibility index (Phi) is 6.49. The number of carbonyl (C=O) groups excluding carboxylic acids is 1. The molecule has 27 heavy (non-hydrogen) atoms. The van der Waals surface area contributed by atoms with E-state index in [1.54, 1.807) is 19.2 Å². The maximum Gasteiger partial charge on any atom is 0.252 e. The second-order valence-electron chi connectivity index (χ2n) is 7.69. The highest BCUT2D eigenvalue weighted by molar-refractivity contribution is 5.93. The van der Waals surface area contributed by atoms with Crippen molar-refractivity contribution < 1.29 is 9.53 Å². The van der Waals surface area contributed by atoms with Gasteiger partial charge in [0.2, 0.25) is 5.88 Å². The molecule has 0 aliphatic heterocycles. The van der Waals surface area contributed by atoms with Gasteiger partial charge in [-0.2, -0.15) is 0 Å². The fraction of sp³-hybridized carbons (Fsp3) is 0.478. The number of nitrogens with zero attached hydrogens (tertiary/aromatic N) is 1. The van der Waals surface area contributed by atoms with Crippen molar-refractivity contribution in [2.45, 2.75) is 51.9 Å². The standard InChI is InChI=1S/C23H30N2O2/c1-4-5-17-7-6-16(2)21(14-17)18-8-11-20(12-9-18)27-22-13-10-19(15-25-22)23(26)24-3/h8-13,15-17,21H,4-7,14H2,1-3H3,(H,24,26). The van der Waals surface area contributed by atoms with Crippen LogP contribution in [0.1, 0.15) is 67.8 Å². The van der Waals surface area contributed by atoms with Crippen molar-refractivity contribution in [1.29, 1.82) is 0 Å². The molecule has 144 valence electrons. The number of nitrogens with one attached hydrogen (secondary N) is 1. The fourth-order valence-corrected chi connectivity index (χ4v) is 4.17. The van der Waals surface area contributed by atoms with Crippen LogP contribution in [0.3, 0.4) is 0 Å². The zero-order valence-electron chi connectivity index (χ0n) is 16.6. The number of aromatic nitrogens is 1. The monoisotopic (exact) mass is 366 g/mol. The van der Waals surface area contributed by atoms with Crippen LogP contribution < -0.4 is 10.1 Å². The molecule has 1 fully saturated rings. The topological polar surface area (TPSA) is 51.2 Å². The summed E-state index contributed by atoms with van der Waals surface area (Å²) >= 11 is 0. The minimum Gasteiger partial charge on any atom is -0.439 e. The molecule has 4 nitrogen and oxygen atoms in total. The van der Waals surface area contributed by atoms with Crippen molar-refractivity contribution >= 4 is 5.91 Å².